The van der Waals surface area contributed by atoms with Gasteiger partial charge in [-0.15, -0.1) is 0 Å². The first-order valence-electron chi connectivity index (χ1n) is 6.71. The highest BCUT2D eigenvalue weighted by atomic mass is 16.3. The average Bonchev–Trinajstić information content (AvgIpc) is 2.47. The van der Waals surface area contributed by atoms with E-state index in [1.165, 1.54) is 18.4 Å². The van der Waals surface area contributed by atoms with E-state index in [-0.39, 0.29) is 17.9 Å². The Morgan fingerprint density at radius 1 is 1.43 bits per heavy atom. The van der Waals surface area contributed by atoms with Crippen LogP contribution in [0.5, 0.6) is 0 Å². The van der Waals surface area contributed by atoms with E-state index < -0.39 is 0 Å². The zero-order valence-corrected chi connectivity index (χ0v) is 11.8. The first-order valence-corrected chi connectivity index (χ1v) is 6.71. The van der Waals surface area contributed by atoms with E-state index in [9.17, 15) is 9.59 Å². The number of aliphatic hydroxyl groups is 1. The Kier molecular flexibility index (Phi) is 4.90. The predicted octanol–water partition coefficient (Wildman–Crippen LogP) is 1.61. The molecule has 1 aromatic carbocycles. The minimum atomic E-state index is -0.313. The summed E-state index contributed by atoms with van der Waals surface area (Å²) < 4.78 is 5.39. The number of rotatable bonds is 5. The standard InChI is InChI=1S/C16H17NO4/c1-11-3-5-14-13(9-11)16(20)12(10-21-14)4-6-15(19)17-7-2-8-18/h3-6,9-10,18H,2,7-8H2,1H3,(H,17,19)/b6-4+. The molecule has 2 aromatic rings. The number of benzene rings is 1. The fraction of sp³-hybridized carbons (Fsp3) is 0.250. The SMILES string of the molecule is Cc1ccc2occ(/C=C/C(=O)NCCCO)c(=O)c2c1. The molecule has 0 saturated carbocycles. The molecule has 0 aliphatic heterocycles. The van der Waals surface area contributed by atoms with Gasteiger partial charge in [-0.05, 0) is 31.6 Å². The molecular formula is C16H17NO4. The summed E-state index contributed by atoms with van der Waals surface area (Å²) in [4.78, 5) is 23.8. The summed E-state index contributed by atoms with van der Waals surface area (Å²) in [6.07, 6.45) is 4.56. The normalized spacial score (nSPS) is 11.1. The summed E-state index contributed by atoms with van der Waals surface area (Å²) >= 11 is 0. The Morgan fingerprint density at radius 2 is 2.24 bits per heavy atom. The van der Waals surface area contributed by atoms with Gasteiger partial charge in [-0.1, -0.05) is 11.6 Å². The van der Waals surface area contributed by atoms with Gasteiger partial charge in [0.05, 0.1) is 10.9 Å². The molecule has 0 radical (unpaired) electrons. The van der Waals surface area contributed by atoms with Gasteiger partial charge in [-0.25, -0.2) is 0 Å². The van der Waals surface area contributed by atoms with Gasteiger partial charge in [0.25, 0.3) is 0 Å². The topological polar surface area (TPSA) is 79.5 Å². The van der Waals surface area contributed by atoms with Crippen LogP contribution < -0.4 is 10.7 Å². The van der Waals surface area contributed by atoms with Crippen molar-refractivity contribution in [2.45, 2.75) is 13.3 Å². The van der Waals surface area contributed by atoms with E-state index in [4.69, 9.17) is 9.52 Å². The van der Waals surface area contributed by atoms with Gasteiger partial charge < -0.3 is 14.8 Å². The number of carbonyl (C=O) groups excluding carboxylic acids is 1. The van der Waals surface area contributed by atoms with Gasteiger partial charge >= 0.3 is 0 Å². The second-order valence-corrected chi connectivity index (χ2v) is 4.72. The maximum absolute atomic E-state index is 12.3. The van der Waals surface area contributed by atoms with Gasteiger partial charge in [-0.2, -0.15) is 0 Å². The first kappa shape index (κ1) is 15.0. The van der Waals surface area contributed by atoms with Crippen molar-refractivity contribution in [1.29, 1.82) is 0 Å². The first-order chi connectivity index (χ1) is 10.1. The maximum Gasteiger partial charge on any atom is 0.244 e. The Hall–Kier alpha value is -2.40. The lowest BCUT2D eigenvalue weighted by atomic mass is 10.1. The number of hydrogen-bond acceptors (Lipinski definition) is 4. The Labute approximate surface area is 121 Å². The van der Waals surface area contributed by atoms with E-state index in [1.54, 1.807) is 12.1 Å². The molecular weight excluding hydrogens is 270 g/mol. The molecule has 0 spiro atoms. The Morgan fingerprint density at radius 3 is 3.00 bits per heavy atom. The predicted molar refractivity (Wildman–Crippen MR) is 81.0 cm³/mol. The zero-order chi connectivity index (χ0) is 15.2. The van der Waals surface area contributed by atoms with Gasteiger partial charge in [0.2, 0.25) is 5.91 Å². The van der Waals surface area contributed by atoms with Gasteiger partial charge in [0.1, 0.15) is 11.8 Å². The molecule has 0 aliphatic carbocycles. The fourth-order valence-corrected chi connectivity index (χ4v) is 1.89. The highest BCUT2D eigenvalue weighted by Crippen LogP contribution is 2.13. The zero-order valence-electron chi connectivity index (χ0n) is 11.8. The molecule has 1 heterocycles. The van der Waals surface area contributed by atoms with Crippen LogP contribution in [0.1, 0.15) is 17.5 Å². The van der Waals surface area contributed by atoms with Gasteiger partial charge in [-0.3, -0.25) is 9.59 Å². The lowest BCUT2D eigenvalue weighted by Gasteiger charge is -2.00. The molecule has 21 heavy (non-hydrogen) atoms. The summed E-state index contributed by atoms with van der Waals surface area (Å²) in [6.45, 7) is 2.32. The molecule has 0 unspecified atom stereocenters. The fourth-order valence-electron chi connectivity index (χ4n) is 1.89. The summed E-state index contributed by atoms with van der Waals surface area (Å²) in [5.74, 6) is -0.313. The van der Waals surface area contributed by atoms with E-state index in [1.807, 2.05) is 13.0 Å². The van der Waals surface area contributed by atoms with Crippen LogP contribution in [0.3, 0.4) is 0 Å². The van der Waals surface area contributed by atoms with E-state index in [2.05, 4.69) is 5.32 Å². The van der Waals surface area contributed by atoms with Crippen LogP contribution >= 0.6 is 0 Å². The highest BCUT2D eigenvalue weighted by molar-refractivity contribution is 5.92. The third-order valence-corrected chi connectivity index (χ3v) is 3.00. The lowest BCUT2D eigenvalue weighted by molar-refractivity contribution is -0.116. The van der Waals surface area contributed by atoms with E-state index in [0.717, 1.165) is 5.56 Å². The number of carbonyl (C=O) groups is 1. The van der Waals surface area contributed by atoms with Crippen LogP contribution in [-0.4, -0.2) is 24.2 Å². The second-order valence-electron chi connectivity index (χ2n) is 4.72. The molecule has 0 fully saturated rings. The number of amides is 1. The lowest BCUT2D eigenvalue weighted by Crippen LogP contribution is -2.22. The quantitative estimate of drug-likeness (QED) is 0.647. The molecule has 1 aromatic heterocycles. The summed E-state index contributed by atoms with van der Waals surface area (Å²) in [5, 5.41) is 11.7. The molecule has 5 heteroatoms. The Balaban J connectivity index is 2.21. The van der Waals surface area contributed by atoms with Crippen molar-refractivity contribution in [1.82, 2.24) is 5.32 Å². The van der Waals surface area contributed by atoms with Crippen LogP contribution in [0, 0.1) is 6.92 Å². The molecule has 1 amide bonds. The minimum absolute atomic E-state index is 0.0254. The molecule has 0 atom stereocenters. The average molecular weight is 287 g/mol. The van der Waals surface area contributed by atoms with Gasteiger partial charge in [0.15, 0.2) is 5.43 Å². The summed E-state index contributed by atoms with van der Waals surface area (Å²) in [7, 11) is 0. The summed E-state index contributed by atoms with van der Waals surface area (Å²) in [5.41, 5.74) is 1.65. The minimum Gasteiger partial charge on any atom is -0.463 e. The maximum atomic E-state index is 12.3. The monoisotopic (exact) mass is 287 g/mol. The number of aliphatic hydroxyl groups excluding tert-OH is 1. The van der Waals surface area contributed by atoms with Gasteiger partial charge in [0, 0.05) is 19.2 Å². The van der Waals surface area contributed by atoms with Crippen LogP contribution in [0.2, 0.25) is 0 Å². The highest BCUT2D eigenvalue weighted by Gasteiger charge is 2.05. The van der Waals surface area contributed by atoms with Crippen LogP contribution in [0.4, 0.5) is 0 Å². The molecule has 0 aliphatic rings. The van der Waals surface area contributed by atoms with Crippen LogP contribution in [0.15, 0.2) is 39.7 Å². The third-order valence-electron chi connectivity index (χ3n) is 3.00. The number of nitrogens with one attached hydrogen (secondary N) is 1. The molecule has 0 bridgehead atoms. The molecule has 2 N–H and O–H groups in total. The van der Waals surface area contributed by atoms with Crippen molar-refractivity contribution < 1.29 is 14.3 Å². The Bertz CT molecular complexity index is 731. The van der Waals surface area contributed by atoms with E-state index in [0.29, 0.717) is 29.5 Å². The smallest absolute Gasteiger partial charge is 0.244 e. The second kappa shape index (κ2) is 6.85. The number of hydrogen-bond donors (Lipinski definition) is 2. The van der Waals surface area contributed by atoms with Crippen molar-refractivity contribution >= 4 is 23.0 Å². The van der Waals surface area contributed by atoms with Crippen molar-refractivity contribution in [3.63, 3.8) is 0 Å². The number of aryl methyl sites for hydroxylation is 1. The summed E-state index contributed by atoms with van der Waals surface area (Å²) in [6, 6.07) is 5.39. The van der Waals surface area contributed by atoms with Crippen molar-refractivity contribution in [2.24, 2.45) is 0 Å². The third kappa shape index (κ3) is 3.79. The molecule has 2 rings (SSSR count). The molecule has 110 valence electrons. The number of fused-ring (bicyclic) bond motifs is 1. The van der Waals surface area contributed by atoms with Crippen molar-refractivity contribution in [2.75, 3.05) is 13.2 Å². The van der Waals surface area contributed by atoms with E-state index >= 15 is 0 Å². The van der Waals surface area contributed by atoms with Crippen LogP contribution in [-0.2, 0) is 4.79 Å². The molecule has 5 nitrogen and oxygen atoms in total. The van der Waals surface area contributed by atoms with Crippen LogP contribution in [0.25, 0.3) is 17.0 Å². The molecule has 0 saturated heterocycles. The largest absolute Gasteiger partial charge is 0.463 e. The van der Waals surface area contributed by atoms with Crippen molar-refractivity contribution in [3.05, 3.63) is 51.9 Å². The van der Waals surface area contributed by atoms with Crippen molar-refractivity contribution in [3.8, 4) is 0 Å².